The van der Waals surface area contributed by atoms with Crippen molar-refractivity contribution < 1.29 is 24.1 Å². The quantitative estimate of drug-likeness (QED) is 0.693. The van der Waals surface area contributed by atoms with Gasteiger partial charge in [-0.3, -0.25) is 4.79 Å². The van der Waals surface area contributed by atoms with E-state index >= 15 is 0 Å². The lowest BCUT2D eigenvalue weighted by Gasteiger charge is -2.17. The number of amides is 1. The van der Waals surface area contributed by atoms with Crippen LogP contribution in [-0.2, 0) is 0 Å². The molecule has 0 unspecified atom stereocenters. The first-order valence-corrected chi connectivity index (χ1v) is 8.67. The molecule has 140 valence electrons. The number of ether oxygens (including phenoxy) is 3. The number of phenols is 1. The number of carbonyl (C=O) groups is 1. The highest BCUT2D eigenvalue weighted by Crippen LogP contribution is 2.39. The first-order valence-electron chi connectivity index (χ1n) is 8.67. The molecule has 1 amide bonds. The maximum Gasteiger partial charge on any atom is 0.256 e. The Kier molecular flexibility index (Phi) is 6.72. The highest BCUT2D eigenvalue weighted by atomic mass is 16.5. The second kappa shape index (κ2) is 8.99. The van der Waals surface area contributed by atoms with Gasteiger partial charge in [-0.25, -0.2) is 0 Å². The van der Waals surface area contributed by atoms with E-state index in [1.807, 2.05) is 33.8 Å². The summed E-state index contributed by atoms with van der Waals surface area (Å²) in [5, 5.41) is 12.7. The van der Waals surface area contributed by atoms with E-state index in [1.165, 1.54) is 0 Å². The van der Waals surface area contributed by atoms with Gasteiger partial charge in [-0.05, 0) is 57.5 Å². The molecule has 6 nitrogen and oxygen atoms in total. The number of hydrogen-bond donors (Lipinski definition) is 2. The van der Waals surface area contributed by atoms with Crippen molar-refractivity contribution in [2.75, 3.05) is 25.1 Å². The fraction of sp³-hybridized carbons (Fsp3) is 0.350. The van der Waals surface area contributed by atoms with Gasteiger partial charge in [0.1, 0.15) is 5.75 Å². The van der Waals surface area contributed by atoms with Gasteiger partial charge >= 0.3 is 0 Å². The third-order valence-corrected chi connectivity index (χ3v) is 3.57. The molecule has 0 saturated carbocycles. The van der Waals surface area contributed by atoms with Gasteiger partial charge in [-0.1, -0.05) is 6.07 Å². The summed E-state index contributed by atoms with van der Waals surface area (Å²) in [5.74, 6) is 0.997. The number of benzene rings is 2. The summed E-state index contributed by atoms with van der Waals surface area (Å²) in [6.45, 7) is 8.74. The minimum atomic E-state index is -0.380. The normalized spacial score (nSPS) is 10.3. The number of nitrogens with one attached hydrogen (secondary N) is 1. The van der Waals surface area contributed by atoms with Crippen LogP contribution in [-0.4, -0.2) is 30.8 Å². The summed E-state index contributed by atoms with van der Waals surface area (Å²) < 4.78 is 16.9. The lowest BCUT2D eigenvalue weighted by molar-refractivity contribution is 0.102. The minimum Gasteiger partial charge on any atom is -0.506 e. The summed E-state index contributed by atoms with van der Waals surface area (Å²) >= 11 is 0. The predicted octanol–water partition coefficient (Wildman–Crippen LogP) is 4.15. The Bertz CT molecular complexity index is 746. The van der Waals surface area contributed by atoms with E-state index in [0.29, 0.717) is 48.3 Å². The third-order valence-electron chi connectivity index (χ3n) is 3.57. The second-order valence-electron chi connectivity index (χ2n) is 5.58. The van der Waals surface area contributed by atoms with Gasteiger partial charge in [0.15, 0.2) is 11.5 Å². The van der Waals surface area contributed by atoms with E-state index in [4.69, 9.17) is 14.2 Å². The molecule has 0 atom stereocenters. The Balaban J connectivity index is 2.38. The summed E-state index contributed by atoms with van der Waals surface area (Å²) in [6, 6.07) is 8.27. The second-order valence-corrected chi connectivity index (χ2v) is 5.58. The van der Waals surface area contributed by atoms with Gasteiger partial charge in [0.2, 0.25) is 5.75 Å². The SMILES string of the molecule is CCOc1cc(C(=O)Nc2ccc(C)cc2O)cc(OCC)c1OCC. The van der Waals surface area contributed by atoms with E-state index in [2.05, 4.69) is 5.32 Å². The molecule has 6 heteroatoms. The molecule has 2 rings (SSSR count). The first-order chi connectivity index (χ1) is 12.5. The summed E-state index contributed by atoms with van der Waals surface area (Å²) in [6.07, 6.45) is 0. The molecule has 0 fully saturated rings. The van der Waals surface area contributed by atoms with Crippen molar-refractivity contribution in [3.8, 4) is 23.0 Å². The monoisotopic (exact) mass is 359 g/mol. The molecule has 0 saturated heterocycles. The van der Waals surface area contributed by atoms with Gasteiger partial charge in [0.25, 0.3) is 5.91 Å². The molecule has 0 aliphatic rings. The van der Waals surface area contributed by atoms with E-state index < -0.39 is 0 Å². The van der Waals surface area contributed by atoms with Crippen LogP contribution in [0.3, 0.4) is 0 Å². The Morgan fingerprint density at radius 2 is 1.54 bits per heavy atom. The van der Waals surface area contributed by atoms with Crippen molar-refractivity contribution in [3.63, 3.8) is 0 Å². The van der Waals surface area contributed by atoms with Crippen LogP contribution in [0.15, 0.2) is 30.3 Å². The molecule has 0 aliphatic heterocycles. The van der Waals surface area contributed by atoms with Crippen LogP contribution in [0.25, 0.3) is 0 Å². The lowest BCUT2D eigenvalue weighted by atomic mass is 10.1. The van der Waals surface area contributed by atoms with Crippen LogP contribution in [0.5, 0.6) is 23.0 Å². The molecule has 0 aliphatic carbocycles. The Hall–Kier alpha value is -2.89. The smallest absolute Gasteiger partial charge is 0.256 e. The number of phenolic OH excluding ortho intramolecular Hbond substituents is 1. The topological polar surface area (TPSA) is 77.0 Å². The molecule has 26 heavy (non-hydrogen) atoms. The zero-order chi connectivity index (χ0) is 19.1. The standard InChI is InChI=1S/C20H25NO5/c1-5-24-17-11-14(12-18(25-6-2)19(17)26-7-3)20(23)21-15-9-8-13(4)10-16(15)22/h8-12,22H,5-7H2,1-4H3,(H,21,23). The van der Waals surface area contributed by atoms with Gasteiger partial charge in [0, 0.05) is 5.56 Å². The lowest BCUT2D eigenvalue weighted by Crippen LogP contribution is -2.13. The number of carbonyl (C=O) groups excluding carboxylic acids is 1. The third kappa shape index (κ3) is 4.59. The van der Waals surface area contributed by atoms with Gasteiger partial charge in [0.05, 0.1) is 25.5 Å². The van der Waals surface area contributed by atoms with Crippen molar-refractivity contribution in [2.45, 2.75) is 27.7 Å². The van der Waals surface area contributed by atoms with Crippen LogP contribution in [0, 0.1) is 6.92 Å². The average molecular weight is 359 g/mol. The number of anilines is 1. The largest absolute Gasteiger partial charge is 0.506 e. The zero-order valence-electron chi connectivity index (χ0n) is 15.6. The Morgan fingerprint density at radius 3 is 2.04 bits per heavy atom. The van der Waals surface area contributed by atoms with Gasteiger partial charge in [-0.2, -0.15) is 0 Å². The fourth-order valence-corrected chi connectivity index (χ4v) is 2.46. The molecule has 2 aromatic carbocycles. The van der Waals surface area contributed by atoms with Crippen molar-refractivity contribution in [3.05, 3.63) is 41.5 Å². The molecule has 0 bridgehead atoms. The van der Waals surface area contributed by atoms with E-state index in [0.717, 1.165) is 5.56 Å². The predicted molar refractivity (Wildman–Crippen MR) is 101 cm³/mol. The maximum absolute atomic E-state index is 12.7. The molecular weight excluding hydrogens is 334 g/mol. The minimum absolute atomic E-state index is 0.0133. The van der Waals surface area contributed by atoms with E-state index in [1.54, 1.807) is 24.3 Å². The number of aryl methyl sites for hydroxylation is 1. The summed E-state index contributed by atoms with van der Waals surface area (Å²) in [5.41, 5.74) is 1.59. The molecule has 0 spiro atoms. The van der Waals surface area contributed by atoms with Gasteiger partial charge in [-0.15, -0.1) is 0 Å². The van der Waals surface area contributed by atoms with Crippen LogP contribution in [0.2, 0.25) is 0 Å². The molecule has 0 heterocycles. The number of hydrogen-bond acceptors (Lipinski definition) is 5. The molecule has 0 radical (unpaired) electrons. The fourth-order valence-electron chi connectivity index (χ4n) is 2.46. The Morgan fingerprint density at radius 1 is 0.962 bits per heavy atom. The summed E-state index contributed by atoms with van der Waals surface area (Å²) in [4.78, 5) is 12.7. The number of rotatable bonds is 8. The molecule has 2 aromatic rings. The maximum atomic E-state index is 12.7. The van der Waals surface area contributed by atoms with Crippen LogP contribution >= 0.6 is 0 Å². The average Bonchev–Trinajstić information content (AvgIpc) is 2.60. The van der Waals surface area contributed by atoms with Gasteiger partial charge < -0.3 is 24.6 Å². The summed E-state index contributed by atoms with van der Waals surface area (Å²) in [7, 11) is 0. The van der Waals surface area contributed by atoms with Crippen molar-refractivity contribution in [2.24, 2.45) is 0 Å². The van der Waals surface area contributed by atoms with Crippen LogP contribution in [0.4, 0.5) is 5.69 Å². The Labute approximate surface area is 153 Å². The zero-order valence-corrected chi connectivity index (χ0v) is 15.6. The highest BCUT2D eigenvalue weighted by Gasteiger charge is 2.19. The van der Waals surface area contributed by atoms with Crippen molar-refractivity contribution in [1.82, 2.24) is 0 Å². The van der Waals surface area contributed by atoms with Crippen molar-refractivity contribution >= 4 is 11.6 Å². The molecule has 2 N–H and O–H groups in total. The molecule has 0 aromatic heterocycles. The first kappa shape index (κ1) is 19.4. The molecular formula is C20H25NO5. The van der Waals surface area contributed by atoms with Crippen molar-refractivity contribution in [1.29, 1.82) is 0 Å². The highest BCUT2D eigenvalue weighted by molar-refractivity contribution is 6.05. The van der Waals surface area contributed by atoms with E-state index in [9.17, 15) is 9.90 Å². The van der Waals surface area contributed by atoms with Crippen LogP contribution in [0.1, 0.15) is 36.7 Å². The number of aromatic hydroxyl groups is 1. The van der Waals surface area contributed by atoms with E-state index in [-0.39, 0.29) is 11.7 Å². The van der Waals surface area contributed by atoms with Crippen LogP contribution < -0.4 is 19.5 Å².